The Morgan fingerprint density at radius 3 is 2.16 bits per heavy atom. The second-order valence-corrected chi connectivity index (χ2v) is 7.44. The predicted octanol–water partition coefficient (Wildman–Crippen LogP) is 0.329. The molecule has 8 heteroatoms. The van der Waals surface area contributed by atoms with Crippen molar-refractivity contribution in [2.45, 2.75) is 46.7 Å². The lowest BCUT2D eigenvalue weighted by molar-refractivity contribution is -0.0595. The van der Waals surface area contributed by atoms with Gasteiger partial charge in [0.05, 0.1) is 6.61 Å². The Kier molecular flexibility index (Phi) is 4.19. The van der Waals surface area contributed by atoms with Crippen molar-refractivity contribution in [3.63, 3.8) is 0 Å². The van der Waals surface area contributed by atoms with Crippen LogP contribution in [0.3, 0.4) is 0 Å². The van der Waals surface area contributed by atoms with Crippen molar-refractivity contribution in [3.8, 4) is 0 Å². The molecule has 1 rings (SSSR count). The molecular formula is C11H23N3O4S. The summed E-state index contributed by atoms with van der Waals surface area (Å²) in [4.78, 5) is 11.2. The number of rotatable bonds is 4. The van der Waals surface area contributed by atoms with Gasteiger partial charge in [0.1, 0.15) is 0 Å². The highest BCUT2D eigenvalue weighted by atomic mass is 32.2. The molecule has 0 bridgehead atoms. The fourth-order valence-electron chi connectivity index (χ4n) is 2.94. The number of carbonyl (C=O) groups excluding carboxylic acids is 1. The van der Waals surface area contributed by atoms with Crippen molar-refractivity contribution in [2.75, 3.05) is 6.61 Å². The first kappa shape index (κ1) is 16.2. The smallest absolute Gasteiger partial charge is 0.421 e. The average Bonchev–Trinajstić information content (AvgIpc) is 2.24. The first-order valence-electron chi connectivity index (χ1n) is 6.17. The van der Waals surface area contributed by atoms with Crippen LogP contribution in [-0.2, 0) is 14.9 Å². The number of nitrogens with two attached hydrogens (primary N) is 1. The highest BCUT2D eigenvalue weighted by Crippen LogP contribution is 2.52. The Labute approximate surface area is 114 Å². The number of hydrogen-bond acceptors (Lipinski definition) is 5. The quantitative estimate of drug-likeness (QED) is 0.691. The van der Waals surface area contributed by atoms with Gasteiger partial charge < -0.3 is 10.5 Å². The van der Waals surface area contributed by atoms with Crippen LogP contribution < -0.4 is 15.2 Å². The van der Waals surface area contributed by atoms with E-state index < -0.39 is 16.3 Å². The van der Waals surface area contributed by atoms with Crippen LogP contribution >= 0.6 is 0 Å². The van der Waals surface area contributed by atoms with E-state index in [1.165, 1.54) is 0 Å². The third-order valence-electron chi connectivity index (χ3n) is 3.86. The molecule has 7 nitrogen and oxygen atoms in total. The van der Waals surface area contributed by atoms with Gasteiger partial charge >= 0.3 is 16.3 Å². The van der Waals surface area contributed by atoms with Crippen LogP contribution in [0.2, 0.25) is 0 Å². The molecule has 1 aliphatic carbocycles. The Hall–Kier alpha value is -0.860. The van der Waals surface area contributed by atoms with E-state index in [4.69, 9.17) is 5.73 Å². The molecule has 0 atom stereocenters. The minimum atomic E-state index is -3.96. The maximum absolute atomic E-state index is 11.8. The van der Waals surface area contributed by atoms with E-state index in [0.29, 0.717) is 0 Å². The second kappa shape index (κ2) is 4.92. The summed E-state index contributed by atoms with van der Waals surface area (Å²) in [7, 11) is -3.96. The molecule has 0 unspecified atom stereocenters. The largest absolute Gasteiger partial charge is 0.449 e. The van der Waals surface area contributed by atoms with E-state index in [9.17, 15) is 13.2 Å². The van der Waals surface area contributed by atoms with Crippen molar-refractivity contribution >= 4 is 16.3 Å². The molecule has 4 N–H and O–H groups in total. The van der Waals surface area contributed by atoms with Gasteiger partial charge in [-0.2, -0.15) is 13.1 Å². The van der Waals surface area contributed by atoms with E-state index >= 15 is 0 Å². The summed E-state index contributed by atoms with van der Waals surface area (Å²) in [6.45, 7) is 9.26. The number of nitrogens with one attached hydrogen (secondary N) is 2. The lowest BCUT2D eigenvalue weighted by Gasteiger charge is -2.62. The van der Waals surface area contributed by atoms with Crippen LogP contribution in [0, 0.1) is 10.8 Å². The van der Waals surface area contributed by atoms with Gasteiger partial charge in [-0.3, -0.25) is 0 Å². The third-order valence-corrected chi connectivity index (χ3v) is 4.84. The molecule has 0 radical (unpaired) electrons. The first-order valence-corrected chi connectivity index (χ1v) is 7.66. The van der Waals surface area contributed by atoms with Crippen molar-refractivity contribution in [2.24, 2.45) is 16.6 Å². The molecule has 0 heterocycles. The summed E-state index contributed by atoms with van der Waals surface area (Å²) in [6, 6.07) is -0.489. The highest BCUT2D eigenvalue weighted by Gasteiger charge is 2.61. The van der Waals surface area contributed by atoms with Gasteiger partial charge in [0.2, 0.25) is 0 Å². The molecule has 0 saturated heterocycles. The van der Waals surface area contributed by atoms with E-state index in [0.717, 1.165) is 0 Å². The van der Waals surface area contributed by atoms with Crippen molar-refractivity contribution in [1.82, 2.24) is 9.44 Å². The van der Waals surface area contributed by atoms with Crippen molar-refractivity contribution in [1.29, 1.82) is 0 Å². The summed E-state index contributed by atoms with van der Waals surface area (Å²) >= 11 is 0. The maximum atomic E-state index is 11.8. The number of amides is 1. The molecular weight excluding hydrogens is 270 g/mol. The van der Waals surface area contributed by atoms with Crippen LogP contribution in [0.5, 0.6) is 0 Å². The monoisotopic (exact) mass is 293 g/mol. The van der Waals surface area contributed by atoms with Crippen molar-refractivity contribution in [3.05, 3.63) is 0 Å². The summed E-state index contributed by atoms with van der Waals surface area (Å²) in [5.41, 5.74) is 5.28. The summed E-state index contributed by atoms with van der Waals surface area (Å²) < 4.78 is 32.5. The van der Waals surface area contributed by atoms with Gasteiger partial charge in [0.25, 0.3) is 0 Å². The minimum Gasteiger partial charge on any atom is -0.449 e. The summed E-state index contributed by atoms with van der Waals surface area (Å²) in [5.74, 6) is 0. The zero-order valence-corrected chi connectivity index (χ0v) is 12.8. The molecule has 0 aliphatic heterocycles. The standard InChI is InChI=1S/C11H23N3O4S/c1-6-18-9(15)14-19(16,17)13-8-10(2,3)7(12)11(8,4)5/h7-8,13H,6,12H2,1-5H3,(H,14,15). The molecule has 1 amide bonds. The molecule has 0 aromatic heterocycles. The molecule has 0 aromatic carbocycles. The van der Waals surface area contributed by atoms with Crippen LogP contribution in [0.25, 0.3) is 0 Å². The van der Waals surface area contributed by atoms with Gasteiger partial charge in [-0.1, -0.05) is 27.7 Å². The van der Waals surface area contributed by atoms with Crippen LogP contribution in [0.4, 0.5) is 4.79 Å². The Bertz CT molecular complexity index is 443. The van der Waals surface area contributed by atoms with E-state index in [1.807, 2.05) is 27.7 Å². The lowest BCUT2D eigenvalue weighted by Crippen LogP contribution is -2.76. The third kappa shape index (κ3) is 3.01. The highest BCUT2D eigenvalue weighted by molar-refractivity contribution is 7.88. The topological polar surface area (TPSA) is 111 Å². The average molecular weight is 293 g/mol. The maximum Gasteiger partial charge on any atom is 0.421 e. The summed E-state index contributed by atoms with van der Waals surface area (Å²) in [5, 5.41) is 0. The van der Waals surface area contributed by atoms with Gasteiger partial charge in [-0.05, 0) is 17.8 Å². The van der Waals surface area contributed by atoms with E-state index in [2.05, 4.69) is 9.46 Å². The normalized spacial score (nSPS) is 28.3. The second-order valence-electron chi connectivity index (χ2n) is 6.00. The number of ether oxygens (including phenoxy) is 1. The molecule has 1 fully saturated rings. The van der Waals surface area contributed by atoms with Gasteiger partial charge in [0, 0.05) is 12.1 Å². The number of carbonyl (C=O) groups is 1. The fraction of sp³-hybridized carbons (Fsp3) is 0.909. The number of hydrogen-bond donors (Lipinski definition) is 3. The zero-order valence-electron chi connectivity index (χ0n) is 12.0. The molecule has 112 valence electrons. The van der Waals surface area contributed by atoms with Crippen LogP contribution in [-0.4, -0.2) is 33.2 Å². The zero-order chi connectivity index (χ0) is 15.1. The Morgan fingerprint density at radius 2 is 1.74 bits per heavy atom. The lowest BCUT2D eigenvalue weighted by atomic mass is 9.49. The van der Waals surface area contributed by atoms with E-state index in [1.54, 1.807) is 11.6 Å². The SMILES string of the molecule is CCOC(=O)NS(=O)(=O)NC1C(C)(C)C(N)C1(C)C. The van der Waals surface area contributed by atoms with Crippen molar-refractivity contribution < 1.29 is 17.9 Å². The Balaban J connectivity index is 2.77. The van der Waals surface area contributed by atoms with Gasteiger partial charge in [0.15, 0.2) is 0 Å². The molecule has 0 spiro atoms. The first-order chi connectivity index (χ1) is 8.45. The van der Waals surface area contributed by atoms with Gasteiger partial charge in [-0.25, -0.2) is 9.52 Å². The Morgan fingerprint density at radius 1 is 1.26 bits per heavy atom. The van der Waals surface area contributed by atoms with E-state index in [-0.39, 0.29) is 29.5 Å². The molecule has 1 saturated carbocycles. The predicted molar refractivity (Wildman–Crippen MR) is 71.5 cm³/mol. The minimum absolute atomic E-state index is 0.104. The van der Waals surface area contributed by atoms with Gasteiger partial charge in [-0.15, -0.1) is 0 Å². The van der Waals surface area contributed by atoms with Crippen LogP contribution in [0.1, 0.15) is 34.6 Å². The summed E-state index contributed by atoms with van der Waals surface area (Å²) in [6.07, 6.45) is -0.991. The molecule has 19 heavy (non-hydrogen) atoms. The van der Waals surface area contributed by atoms with Crippen LogP contribution in [0.15, 0.2) is 0 Å². The fourth-order valence-corrected chi connectivity index (χ4v) is 4.19. The molecule has 1 aliphatic rings. The molecule has 0 aromatic rings.